The maximum absolute atomic E-state index is 4.09. The molecule has 1 aliphatic rings. The summed E-state index contributed by atoms with van der Waals surface area (Å²) in [7, 11) is 6.49. The minimum atomic E-state index is 0.845. The first-order valence-electron chi connectivity index (χ1n) is 3.28. The summed E-state index contributed by atoms with van der Waals surface area (Å²) in [6, 6.07) is 0. The Kier molecular flexibility index (Phi) is 2.16. The highest BCUT2D eigenvalue weighted by atomic mass is 32.2. The topological polar surface area (TPSA) is 12.4 Å². The van der Waals surface area contributed by atoms with Crippen LogP contribution in [0.4, 0.5) is 0 Å². The summed E-state index contributed by atoms with van der Waals surface area (Å²) >= 11 is 1.71. The molecule has 0 aromatic rings. The van der Waals surface area contributed by atoms with E-state index in [4.69, 9.17) is 0 Å². The van der Waals surface area contributed by atoms with Crippen LogP contribution in [0, 0.1) is 0 Å². The monoisotopic (exact) mass is 157 g/mol. The Balaban J connectivity index is 2.65. The van der Waals surface area contributed by atoms with Crippen molar-refractivity contribution in [2.24, 2.45) is 4.99 Å². The summed E-state index contributed by atoms with van der Waals surface area (Å²) in [5, 5.41) is 1.37. The second-order valence-corrected chi connectivity index (χ2v) is 4.01. The first-order valence-corrected chi connectivity index (χ1v) is 4.16. The number of quaternary nitrogens is 1. The fourth-order valence-corrected chi connectivity index (χ4v) is 1.50. The Morgan fingerprint density at radius 1 is 1.50 bits per heavy atom. The Hall–Kier alpha value is -0.280. The summed E-state index contributed by atoms with van der Waals surface area (Å²) < 4.78 is 0.899. The molecule has 0 saturated heterocycles. The maximum Gasteiger partial charge on any atom is 0.170 e. The van der Waals surface area contributed by atoms with Crippen molar-refractivity contribution in [3.8, 4) is 0 Å². The number of thioether (sulfide) groups is 1. The van der Waals surface area contributed by atoms with Crippen LogP contribution in [-0.4, -0.2) is 37.7 Å². The highest BCUT2D eigenvalue weighted by Gasteiger charge is 2.16. The summed E-state index contributed by atoms with van der Waals surface area (Å²) in [5.41, 5.74) is 1.92. The third-order valence-electron chi connectivity index (χ3n) is 1.28. The van der Waals surface area contributed by atoms with Gasteiger partial charge in [-0.2, -0.15) is 0 Å². The summed E-state index contributed by atoms with van der Waals surface area (Å²) in [5.74, 6) is 0. The molecule has 0 aliphatic carbocycles. The van der Waals surface area contributed by atoms with Crippen LogP contribution < -0.4 is 0 Å². The summed E-state index contributed by atoms with van der Waals surface area (Å²) in [4.78, 5) is 4.09. The van der Waals surface area contributed by atoms with Gasteiger partial charge in [0, 0.05) is 6.08 Å². The van der Waals surface area contributed by atoms with Crippen LogP contribution in [0.1, 0.15) is 0 Å². The van der Waals surface area contributed by atoms with Gasteiger partial charge in [0.15, 0.2) is 5.03 Å². The average molecular weight is 157 g/mol. The fraction of sp³-hybridized carbons (Fsp3) is 0.571. The molecular formula is C7H13N2S+. The summed E-state index contributed by atoms with van der Waals surface area (Å²) in [6.07, 6.45) is 2.17. The molecule has 0 radical (unpaired) electrons. The first kappa shape index (κ1) is 7.82. The number of hydrogen-bond acceptors (Lipinski definition) is 2. The Morgan fingerprint density at radius 3 is 2.50 bits per heavy atom. The van der Waals surface area contributed by atoms with E-state index in [1.807, 2.05) is 5.55 Å². The molecular weight excluding hydrogens is 144 g/mol. The van der Waals surface area contributed by atoms with E-state index in [-0.39, 0.29) is 0 Å². The van der Waals surface area contributed by atoms with E-state index in [1.54, 1.807) is 11.8 Å². The zero-order chi connectivity index (χ0) is 7.61. The van der Waals surface area contributed by atoms with Gasteiger partial charge in [0.2, 0.25) is 0 Å². The molecule has 0 saturated carbocycles. The van der Waals surface area contributed by atoms with Gasteiger partial charge in [-0.15, -0.1) is 0 Å². The van der Waals surface area contributed by atoms with Crippen LogP contribution in [0.2, 0.25) is 0 Å². The second-order valence-electron chi connectivity index (χ2n) is 3.14. The van der Waals surface area contributed by atoms with E-state index < -0.39 is 0 Å². The molecule has 0 spiro atoms. The lowest BCUT2D eigenvalue weighted by molar-refractivity contribution is -0.822. The lowest BCUT2D eigenvalue weighted by Crippen LogP contribution is -2.32. The predicted molar refractivity (Wildman–Crippen MR) is 47.1 cm³/mol. The largest absolute Gasteiger partial charge is 0.293 e. The van der Waals surface area contributed by atoms with E-state index in [0.29, 0.717) is 0 Å². The third-order valence-corrected chi connectivity index (χ3v) is 2.49. The van der Waals surface area contributed by atoms with E-state index in [9.17, 15) is 0 Å². The van der Waals surface area contributed by atoms with E-state index in [2.05, 4.69) is 32.2 Å². The first-order chi connectivity index (χ1) is 4.61. The van der Waals surface area contributed by atoms with Gasteiger partial charge >= 0.3 is 0 Å². The van der Waals surface area contributed by atoms with Crippen molar-refractivity contribution >= 4 is 17.3 Å². The van der Waals surface area contributed by atoms with Crippen LogP contribution in [0.25, 0.3) is 0 Å². The fourth-order valence-electron chi connectivity index (χ4n) is 0.745. The van der Waals surface area contributed by atoms with Gasteiger partial charge in [-0.05, 0) is 11.8 Å². The minimum Gasteiger partial charge on any atom is -0.293 e. The smallest absolute Gasteiger partial charge is 0.170 e. The molecule has 1 rings (SSSR count). The molecule has 0 aromatic heterocycles. The summed E-state index contributed by atoms with van der Waals surface area (Å²) in [6.45, 7) is 0.845. The van der Waals surface area contributed by atoms with Crippen LogP contribution >= 0.6 is 11.8 Å². The van der Waals surface area contributed by atoms with Gasteiger partial charge in [0.1, 0.15) is 0 Å². The molecule has 0 bridgehead atoms. The van der Waals surface area contributed by atoms with Crippen molar-refractivity contribution in [3.05, 3.63) is 11.1 Å². The van der Waals surface area contributed by atoms with Gasteiger partial charge in [-0.25, -0.2) is 0 Å². The standard InChI is InChI=1S/C7H13N2S/c1-9(2,3)7-4-5-8-6-10-7/h4,6H,5H2,1-3H3/q+1. The molecule has 0 N–H and O–H groups in total. The van der Waals surface area contributed by atoms with E-state index >= 15 is 0 Å². The van der Waals surface area contributed by atoms with Gasteiger partial charge < -0.3 is 0 Å². The van der Waals surface area contributed by atoms with Crippen LogP contribution in [0.3, 0.4) is 0 Å². The van der Waals surface area contributed by atoms with Crippen molar-refractivity contribution in [2.45, 2.75) is 0 Å². The number of hydrogen-bond donors (Lipinski definition) is 0. The second kappa shape index (κ2) is 2.76. The average Bonchev–Trinajstić information content (AvgIpc) is 1.88. The van der Waals surface area contributed by atoms with Gasteiger partial charge in [-0.1, -0.05) is 0 Å². The Morgan fingerprint density at radius 2 is 2.20 bits per heavy atom. The molecule has 0 aromatic carbocycles. The number of nitrogens with zero attached hydrogens (tertiary/aromatic N) is 2. The van der Waals surface area contributed by atoms with E-state index in [1.165, 1.54) is 5.03 Å². The van der Waals surface area contributed by atoms with Gasteiger partial charge in [0.25, 0.3) is 0 Å². The number of aliphatic imine (C=N–C) groups is 1. The van der Waals surface area contributed by atoms with Crippen molar-refractivity contribution in [1.82, 2.24) is 0 Å². The SMILES string of the molecule is C[N+](C)(C)C1=CCN=CS1. The zero-order valence-corrected chi connectivity index (χ0v) is 7.48. The normalized spacial score (nSPS) is 18.9. The Bertz CT molecular complexity index is 177. The quantitative estimate of drug-likeness (QED) is 0.523. The molecule has 0 amide bonds. The van der Waals surface area contributed by atoms with E-state index in [0.717, 1.165) is 11.0 Å². The lowest BCUT2D eigenvalue weighted by atomic mass is 10.5. The van der Waals surface area contributed by atoms with Crippen molar-refractivity contribution in [1.29, 1.82) is 0 Å². The van der Waals surface area contributed by atoms with Crippen LogP contribution in [0.5, 0.6) is 0 Å². The molecule has 2 nitrogen and oxygen atoms in total. The van der Waals surface area contributed by atoms with Crippen molar-refractivity contribution in [2.75, 3.05) is 27.7 Å². The van der Waals surface area contributed by atoms with Crippen molar-refractivity contribution < 1.29 is 4.48 Å². The Labute approximate surface area is 66.2 Å². The lowest BCUT2D eigenvalue weighted by Gasteiger charge is -2.25. The molecule has 10 heavy (non-hydrogen) atoms. The molecule has 1 aliphatic heterocycles. The van der Waals surface area contributed by atoms with Crippen LogP contribution in [-0.2, 0) is 0 Å². The molecule has 56 valence electrons. The van der Waals surface area contributed by atoms with Gasteiger partial charge in [-0.3, -0.25) is 9.48 Å². The zero-order valence-electron chi connectivity index (χ0n) is 6.66. The van der Waals surface area contributed by atoms with Crippen LogP contribution in [0.15, 0.2) is 16.1 Å². The predicted octanol–water partition coefficient (Wildman–Crippen LogP) is 1.31. The molecule has 3 heteroatoms. The molecule has 0 unspecified atom stereocenters. The maximum atomic E-state index is 4.09. The van der Waals surface area contributed by atoms with Crippen molar-refractivity contribution in [3.63, 3.8) is 0 Å². The highest BCUT2D eigenvalue weighted by molar-refractivity contribution is 8.15. The number of rotatable bonds is 1. The molecule has 1 heterocycles. The third kappa shape index (κ3) is 1.85. The molecule has 0 fully saturated rings. The van der Waals surface area contributed by atoms with Gasteiger partial charge in [0.05, 0.1) is 33.2 Å². The minimum absolute atomic E-state index is 0.845. The highest BCUT2D eigenvalue weighted by Crippen LogP contribution is 2.22. The molecule has 0 atom stereocenters.